The van der Waals surface area contributed by atoms with Crippen LogP contribution in [-0.4, -0.2) is 38.5 Å². The van der Waals surface area contributed by atoms with Crippen molar-refractivity contribution >= 4 is 11.6 Å². The Morgan fingerprint density at radius 2 is 1.73 bits per heavy atom. The zero-order chi connectivity index (χ0) is 19.3. The highest BCUT2D eigenvalue weighted by atomic mass is 19.1. The fourth-order valence-corrected chi connectivity index (χ4v) is 2.60. The van der Waals surface area contributed by atoms with Crippen molar-refractivity contribution in [3.63, 3.8) is 0 Å². The van der Waals surface area contributed by atoms with Gasteiger partial charge in [-0.15, -0.1) is 0 Å². The van der Waals surface area contributed by atoms with Crippen LogP contribution in [-0.2, 0) is 11.3 Å². The van der Waals surface area contributed by atoms with Crippen LogP contribution in [0.4, 0.5) is 14.5 Å². The molecule has 0 saturated carbocycles. The Morgan fingerprint density at radius 3 is 2.31 bits per heavy atom. The summed E-state index contributed by atoms with van der Waals surface area (Å²) in [4.78, 5) is 15.9. The summed E-state index contributed by atoms with van der Waals surface area (Å²) in [5, 5.41) is 2.99. The van der Waals surface area contributed by atoms with Gasteiger partial charge in [-0.2, -0.15) is 0 Å². The molecule has 0 heterocycles. The normalized spacial score (nSPS) is 11.9. The van der Waals surface area contributed by atoms with Gasteiger partial charge in [-0.25, -0.2) is 8.78 Å². The van der Waals surface area contributed by atoms with Gasteiger partial charge in [0.1, 0.15) is 11.6 Å². The molecule has 0 unspecified atom stereocenters. The summed E-state index contributed by atoms with van der Waals surface area (Å²) < 4.78 is 26.8. The lowest BCUT2D eigenvalue weighted by molar-refractivity contribution is -0.129. The summed E-state index contributed by atoms with van der Waals surface area (Å²) in [6, 6.07) is 11.0. The molecule has 0 bridgehead atoms. The average Bonchev–Trinajstić information content (AvgIpc) is 2.59. The van der Waals surface area contributed by atoms with Gasteiger partial charge in [0.25, 0.3) is 0 Å². The molecule has 0 aliphatic carbocycles. The van der Waals surface area contributed by atoms with Gasteiger partial charge in [0.05, 0.1) is 6.54 Å². The second kappa shape index (κ2) is 8.76. The molecule has 2 aromatic carbocycles. The molecule has 0 aromatic heterocycles. The van der Waals surface area contributed by atoms with Gasteiger partial charge < -0.3 is 15.1 Å². The van der Waals surface area contributed by atoms with Crippen LogP contribution < -0.4 is 10.2 Å². The summed E-state index contributed by atoms with van der Waals surface area (Å²) in [7, 11) is 5.68. The minimum atomic E-state index is -0.619. The Bertz CT molecular complexity index is 747. The van der Waals surface area contributed by atoms with E-state index in [1.165, 1.54) is 12.1 Å². The molecule has 0 aliphatic rings. The number of nitrogens with zero attached hydrogens (tertiary/aromatic N) is 2. The first-order chi connectivity index (χ1) is 12.3. The lowest BCUT2D eigenvalue weighted by atomic mass is 10.1. The maximum Gasteiger partial charge on any atom is 0.236 e. The van der Waals surface area contributed by atoms with Gasteiger partial charge >= 0.3 is 0 Å². The molecule has 2 rings (SSSR count). The number of benzene rings is 2. The minimum Gasteiger partial charge on any atom is -0.378 e. The number of rotatable bonds is 7. The second-order valence-corrected chi connectivity index (χ2v) is 6.58. The van der Waals surface area contributed by atoms with Crippen LogP contribution in [0.2, 0.25) is 0 Å². The van der Waals surface area contributed by atoms with Crippen LogP contribution in [0, 0.1) is 11.6 Å². The van der Waals surface area contributed by atoms with Gasteiger partial charge in [0.15, 0.2) is 0 Å². The molecule has 140 valence electrons. The van der Waals surface area contributed by atoms with E-state index in [2.05, 4.69) is 5.32 Å². The van der Waals surface area contributed by atoms with Crippen molar-refractivity contribution in [2.45, 2.75) is 19.5 Å². The van der Waals surface area contributed by atoms with Gasteiger partial charge in [0.2, 0.25) is 5.91 Å². The Kier molecular flexibility index (Phi) is 6.69. The number of likely N-dealkylation sites (N-methyl/N-ethyl adjacent to an activating group) is 1. The maximum atomic E-state index is 13.8. The van der Waals surface area contributed by atoms with E-state index in [4.69, 9.17) is 0 Å². The molecule has 1 N–H and O–H groups in total. The van der Waals surface area contributed by atoms with E-state index >= 15 is 0 Å². The van der Waals surface area contributed by atoms with Gasteiger partial charge in [0, 0.05) is 51.0 Å². The summed E-state index contributed by atoms with van der Waals surface area (Å²) in [6.07, 6.45) is 0. The molecule has 1 atom stereocenters. The highest BCUT2D eigenvalue weighted by Crippen LogP contribution is 2.17. The predicted octanol–water partition coefficient (Wildman–Crippen LogP) is 3.34. The van der Waals surface area contributed by atoms with Crippen LogP contribution in [0.1, 0.15) is 24.1 Å². The van der Waals surface area contributed by atoms with Gasteiger partial charge in [-0.1, -0.05) is 18.2 Å². The number of nitrogens with one attached hydrogen (secondary N) is 1. The first-order valence-corrected chi connectivity index (χ1v) is 8.46. The third-order valence-corrected chi connectivity index (χ3v) is 4.29. The number of hydrogen-bond acceptors (Lipinski definition) is 3. The third kappa shape index (κ3) is 5.26. The fourth-order valence-electron chi connectivity index (χ4n) is 2.60. The molecule has 0 radical (unpaired) electrons. The van der Waals surface area contributed by atoms with Crippen molar-refractivity contribution in [2.24, 2.45) is 0 Å². The average molecular weight is 361 g/mol. The summed E-state index contributed by atoms with van der Waals surface area (Å²) >= 11 is 0. The standard InChI is InChI=1S/C20H25F2N3O/c1-14(18-10-7-16(21)11-19(18)22)23-12-20(26)25(4)13-15-5-8-17(9-6-15)24(2)3/h5-11,14,23H,12-13H2,1-4H3/t14-/m1/s1. The summed E-state index contributed by atoms with van der Waals surface area (Å²) in [5.74, 6) is -1.34. The summed E-state index contributed by atoms with van der Waals surface area (Å²) in [6.45, 7) is 2.31. The van der Waals surface area contributed by atoms with E-state index in [1.54, 1.807) is 18.9 Å². The Labute approximate surface area is 153 Å². The van der Waals surface area contributed by atoms with Crippen LogP contribution in [0.3, 0.4) is 0 Å². The third-order valence-electron chi connectivity index (χ3n) is 4.29. The van der Waals surface area contributed by atoms with Crippen LogP contribution in [0.15, 0.2) is 42.5 Å². The highest BCUT2D eigenvalue weighted by Gasteiger charge is 2.15. The number of amides is 1. The molecule has 4 nitrogen and oxygen atoms in total. The minimum absolute atomic E-state index is 0.0737. The SMILES string of the molecule is C[C@@H](NCC(=O)N(C)Cc1ccc(N(C)C)cc1)c1ccc(F)cc1F. The lowest BCUT2D eigenvalue weighted by Gasteiger charge is -2.21. The van der Waals surface area contributed by atoms with Gasteiger partial charge in [-0.05, 0) is 30.7 Å². The van der Waals surface area contributed by atoms with Crippen molar-refractivity contribution in [3.05, 3.63) is 65.2 Å². The topological polar surface area (TPSA) is 35.6 Å². The molecule has 0 fully saturated rings. The number of hydrogen-bond donors (Lipinski definition) is 1. The number of carbonyl (C=O) groups excluding carboxylic acids is 1. The van der Waals surface area contributed by atoms with Crippen molar-refractivity contribution < 1.29 is 13.6 Å². The highest BCUT2D eigenvalue weighted by molar-refractivity contribution is 5.78. The lowest BCUT2D eigenvalue weighted by Crippen LogP contribution is -2.36. The molecule has 6 heteroatoms. The molecule has 0 aliphatic heterocycles. The second-order valence-electron chi connectivity index (χ2n) is 6.58. The van der Waals surface area contributed by atoms with Crippen LogP contribution in [0.5, 0.6) is 0 Å². The van der Waals surface area contributed by atoms with E-state index in [1.807, 2.05) is 43.3 Å². The van der Waals surface area contributed by atoms with Crippen molar-refractivity contribution in [2.75, 3.05) is 32.6 Å². The molecular formula is C20H25F2N3O. The Hall–Kier alpha value is -2.47. The van der Waals surface area contributed by atoms with Crippen LogP contribution >= 0.6 is 0 Å². The maximum absolute atomic E-state index is 13.8. The summed E-state index contributed by atoms with van der Waals surface area (Å²) in [5.41, 5.74) is 2.46. The first-order valence-electron chi connectivity index (χ1n) is 8.46. The van der Waals surface area contributed by atoms with Crippen molar-refractivity contribution in [1.82, 2.24) is 10.2 Å². The van der Waals surface area contributed by atoms with E-state index in [0.29, 0.717) is 12.1 Å². The van der Waals surface area contributed by atoms with Crippen LogP contribution in [0.25, 0.3) is 0 Å². The fraction of sp³-hybridized carbons (Fsp3) is 0.350. The first kappa shape index (κ1) is 19.8. The molecule has 2 aromatic rings. The van der Waals surface area contributed by atoms with E-state index < -0.39 is 17.7 Å². The van der Waals surface area contributed by atoms with E-state index in [9.17, 15) is 13.6 Å². The zero-order valence-corrected chi connectivity index (χ0v) is 15.6. The molecular weight excluding hydrogens is 336 g/mol. The number of halogens is 2. The number of anilines is 1. The monoisotopic (exact) mass is 361 g/mol. The smallest absolute Gasteiger partial charge is 0.236 e. The largest absolute Gasteiger partial charge is 0.378 e. The number of carbonyl (C=O) groups is 1. The van der Waals surface area contributed by atoms with Crippen molar-refractivity contribution in [1.29, 1.82) is 0 Å². The Morgan fingerprint density at radius 1 is 1.08 bits per heavy atom. The van der Waals surface area contributed by atoms with Gasteiger partial charge in [-0.3, -0.25) is 4.79 Å². The molecule has 0 saturated heterocycles. The van der Waals surface area contributed by atoms with E-state index in [-0.39, 0.29) is 12.5 Å². The van der Waals surface area contributed by atoms with E-state index in [0.717, 1.165) is 17.3 Å². The molecule has 26 heavy (non-hydrogen) atoms. The zero-order valence-electron chi connectivity index (χ0n) is 15.6. The molecule has 1 amide bonds. The Balaban J connectivity index is 1.88. The predicted molar refractivity (Wildman–Crippen MR) is 100 cm³/mol. The quantitative estimate of drug-likeness (QED) is 0.822. The molecule has 0 spiro atoms. The van der Waals surface area contributed by atoms with Crippen molar-refractivity contribution in [3.8, 4) is 0 Å².